The molecule has 1 aliphatic carbocycles. The van der Waals surface area contributed by atoms with Crippen molar-refractivity contribution >= 4 is 17.7 Å². The van der Waals surface area contributed by atoms with Gasteiger partial charge >= 0.3 is 5.97 Å². The maximum Gasteiger partial charge on any atom is 0.326 e. The van der Waals surface area contributed by atoms with E-state index >= 15 is 0 Å². The number of aryl methyl sites for hydroxylation is 1. The third-order valence-corrected chi connectivity index (χ3v) is 5.13. The first-order valence-corrected chi connectivity index (χ1v) is 7.91. The average Bonchev–Trinajstić information content (AvgIpc) is 2.97. The van der Waals surface area contributed by atoms with Crippen LogP contribution < -0.4 is 5.32 Å². The second-order valence-electron chi connectivity index (χ2n) is 5.70. The summed E-state index contributed by atoms with van der Waals surface area (Å²) < 4.78 is 10.3. The van der Waals surface area contributed by atoms with E-state index in [2.05, 4.69) is 19.2 Å². The van der Waals surface area contributed by atoms with Crippen molar-refractivity contribution in [3.05, 3.63) is 18.1 Å². The molecule has 1 aromatic heterocycles. The summed E-state index contributed by atoms with van der Waals surface area (Å²) in [6, 6.07) is 2.25. The van der Waals surface area contributed by atoms with Gasteiger partial charge in [-0.15, -0.1) is 11.8 Å². The maximum absolute atomic E-state index is 12.2. The molecular weight excluding hydrogens is 274 g/mol. The summed E-state index contributed by atoms with van der Waals surface area (Å²) in [6.45, 7) is 6.09. The first-order valence-electron chi connectivity index (χ1n) is 7.04. The normalized spacial score (nSPS) is 26.1. The highest BCUT2D eigenvalue weighted by Crippen LogP contribution is 2.42. The van der Waals surface area contributed by atoms with Crippen LogP contribution in [0.3, 0.4) is 0 Å². The lowest BCUT2D eigenvalue weighted by atomic mass is 9.96. The number of carbonyl (C=O) groups is 1. The van der Waals surface area contributed by atoms with Crippen LogP contribution in [0.4, 0.5) is 0 Å². The minimum absolute atomic E-state index is 0.141. The number of nitrogens with one attached hydrogen (secondary N) is 1. The largest absolute Gasteiger partial charge is 0.468 e. The average molecular weight is 297 g/mol. The van der Waals surface area contributed by atoms with Gasteiger partial charge in [0.05, 0.1) is 13.4 Å². The number of furan rings is 1. The zero-order chi connectivity index (χ0) is 14.8. The van der Waals surface area contributed by atoms with E-state index in [1.807, 2.05) is 13.0 Å². The molecule has 1 saturated carbocycles. The molecule has 1 aliphatic rings. The fourth-order valence-electron chi connectivity index (χ4n) is 2.90. The molecule has 0 aliphatic heterocycles. The second-order valence-corrected chi connectivity index (χ2v) is 7.04. The molecule has 2 unspecified atom stereocenters. The third kappa shape index (κ3) is 3.20. The number of hydrogen-bond donors (Lipinski definition) is 1. The third-order valence-electron chi connectivity index (χ3n) is 3.72. The molecule has 0 spiro atoms. The molecule has 1 aromatic rings. The van der Waals surface area contributed by atoms with Crippen molar-refractivity contribution in [2.75, 3.05) is 7.11 Å². The summed E-state index contributed by atoms with van der Waals surface area (Å²) in [5.41, 5.74) is -0.530. The predicted molar refractivity (Wildman–Crippen MR) is 80.0 cm³/mol. The van der Waals surface area contributed by atoms with Crippen LogP contribution in [0.15, 0.2) is 21.6 Å². The van der Waals surface area contributed by atoms with Crippen molar-refractivity contribution in [1.29, 1.82) is 0 Å². The maximum atomic E-state index is 12.2. The van der Waals surface area contributed by atoms with Crippen LogP contribution in [0.25, 0.3) is 0 Å². The smallest absolute Gasteiger partial charge is 0.326 e. The fraction of sp³-hybridized carbons (Fsp3) is 0.667. The van der Waals surface area contributed by atoms with Crippen molar-refractivity contribution in [2.45, 2.75) is 61.8 Å². The molecule has 1 fully saturated rings. The van der Waals surface area contributed by atoms with Gasteiger partial charge in [-0.05, 0) is 46.1 Å². The van der Waals surface area contributed by atoms with Crippen molar-refractivity contribution in [3.8, 4) is 0 Å². The van der Waals surface area contributed by atoms with Crippen molar-refractivity contribution in [3.63, 3.8) is 0 Å². The molecule has 1 heterocycles. The van der Waals surface area contributed by atoms with Gasteiger partial charge in [0.2, 0.25) is 0 Å². The van der Waals surface area contributed by atoms with E-state index in [1.54, 1.807) is 18.0 Å². The topological polar surface area (TPSA) is 51.5 Å². The van der Waals surface area contributed by atoms with E-state index in [0.717, 1.165) is 25.0 Å². The fourth-order valence-corrected chi connectivity index (χ4v) is 4.21. The van der Waals surface area contributed by atoms with Crippen LogP contribution in [-0.2, 0) is 9.53 Å². The van der Waals surface area contributed by atoms with Gasteiger partial charge < -0.3 is 9.15 Å². The highest BCUT2D eigenvalue weighted by molar-refractivity contribution is 8.00. The van der Waals surface area contributed by atoms with E-state index in [-0.39, 0.29) is 12.0 Å². The van der Waals surface area contributed by atoms with Crippen LogP contribution in [-0.4, -0.2) is 29.9 Å². The standard InChI is InChI=1S/C15H23NO3S/c1-10(2)16-15(14(17)18-4)7-5-12(9-15)20-13-6-8-19-11(13)3/h6,8,10,12,16H,5,7,9H2,1-4H3. The molecule has 0 radical (unpaired) electrons. The lowest BCUT2D eigenvalue weighted by Gasteiger charge is -2.30. The van der Waals surface area contributed by atoms with Crippen molar-refractivity contribution in [1.82, 2.24) is 5.32 Å². The molecule has 0 bridgehead atoms. The molecule has 5 heteroatoms. The second kappa shape index (κ2) is 6.22. The van der Waals surface area contributed by atoms with E-state index in [4.69, 9.17) is 9.15 Å². The Hall–Kier alpha value is -0.940. The Morgan fingerprint density at radius 3 is 2.90 bits per heavy atom. The molecule has 4 nitrogen and oxygen atoms in total. The van der Waals surface area contributed by atoms with Crippen LogP contribution in [0.2, 0.25) is 0 Å². The Balaban J connectivity index is 2.07. The first-order chi connectivity index (χ1) is 9.47. The van der Waals surface area contributed by atoms with Crippen molar-refractivity contribution in [2.24, 2.45) is 0 Å². The Bertz CT molecular complexity index is 471. The Labute approximate surface area is 124 Å². The molecule has 20 heavy (non-hydrogen) atoms. The van der Waals surface area contributed by atoms with E-state index in [0.29, 0.717) is 5.25 Å². The molecule has 0 aromatic carbocycles. The summed E-state index contributed by atoms with van der Waals surface area (Å²) in [7, 11) is 1.47. The summed E-state index contributed by atoms with van der Waals surface area (Å²) in [5, 5.41) is 3.83. The minimum Gasteiger partial charge on any atom is -0.468 e. The van der Waals surface area contributed by atoms with E-state index < -0.39 is 5.54 Å². The number of methoxy groups -OCH3 is 1. The lowest BCUT2D eigenvalue weighted by molar-refractivity contribution is -0.148. The molecule has 2 atom stereocenters. The lowest BCUT2D eigenvalue weighted by Crippen LogP contribution is -2.53. The molecule has 1 N–H and O–H groups in total. The first kappa shape index (κ1) is 15.4. The zero-order valence-corrected chi connectivity index (χ0v) is 13.4. The van der Waals surface area contributed by atoms with Crippen LogP contribution in [0.1, 0.15) is 38.9 Å². The molecule has 0 amide bonds. The molecule has 2 rings (SSSR count). The van der Waals surface area contributed by atoms with Crippen LogP contribution in [0.5, 0.6) is 0 Å². The number of hydrogen-bond acceptors (Lipinski definition) is 5. The van der Waals surface area contributed by atoms with Gasteiger partial charge in [-0.2, -0.15) is 0 Å². The zero-order valence-electron chi connectivity index (χ0n) is 12.6. The predicted octanol–water partition coefficient (Wildman–Crippen LogP) is 3.14. The van der Waals surface area contributed by atoms with Crippen LogP contribution in [0, 0.1) is 6.92 Å². The number of carbonyl (C=O) groups excluding carboxylic acids is 1. The quantitative estimate of drug-likeness (QED) is 0.846. The monoisotopic (exact) mass is 297 g/mol. The van der Waals surface area contributed by atoms with E-state index in [9.17, 15) is 4.79 Å². The van der Waals surface area contributed by atoms with Crippen LogP contribution >= 0.6 is 11.8 Å². The minimum atomic E-state index is -0.530. The summed E-state index contributed by atoms with van der Waals surface area (Å²) in [4.78, 5) is 13.3. The Morgan fingerprint density at radius 2 is 2.35 bits per heavy atom. The van der Waals surface area contributed by atoms with Gasteiger partial charge in [-0.25, -0.2) is 0 Å². The van der Waals surface area contributed by atoms with Gasteiger partial charge in [0.25, 0.3) is 0 Å². The number of esters is 1. The summed E-state index contributed by atoms with van der Waals surface area (Å²) in [5.74, 6) is 0.806. The number of thioether (sulfide) groups is 1. The highest BCUT2D eigenvalue weighted by atomic mass is 32.2. The van der Waals surface area contributed by atoms with Gasteiger partial charge in [0.15, 0.2) is 0 Å². The SMILES string of the molecule is COC(=O)C1(NC(C)C)CCC(Sc2ccoc2C)C1. The van der Waals surface area contributed by atoms with Gasteiger partial charge in [0, 0.05) is 16.2 Å². The summed E-state index contributed by atoms with van der Waals surface area (Å²) in [6.07, 6.45) is 4.34. The summed E-state index contributed by atoms with van der Waals surface area (Å²) >= 11 is 1.80. The Kier molecular flexibility index (Phi) is 4.81. The van der Waals surface area contributed by atoms with Gasteiger partial charge in [-0.3, -0.25) is 10.1 Å². The molecule has 112 valence electrons. The molecular formula is C15H23NO3S. The number of ether oxygens (including phenoxy) is 1. The van der Waals surface area contributed by atoms with Gasteiger partial charge in [-0.1, -0.05) is 0 Å². The van der Waals surface area contributed by atoms with Crippen molar-refractivity contribution < 1.29 is 13.9 Å². The number of rotatable bonds is 5. The highest BCUT2D eigenvalue weighted by Gasteiger charge is 2.46. The van der Waals surface area contributed by atoms with E-state index in [1.165, 1.54) is 12.0 Å². The van der Waals surface area contributed by atoms with Gasteiger partial charge in [0.1, 0.15) is 11.3 Å². The Morgan fingerprint density at radius 1 is 1.60 bits per heavy atom. The molecule has 0 saturated heterocycles.